The van der Waals surface area contributed by atoms with Gasteiger partial charge in [0.1, 0.15) is 0 Å². The van der Waals surface area contributed by atoms with Crippen LogP contribution < -0.4 is 5.73 Å². The van der Waals surface area contributed by atoms with E-state index in [2.05, 4.69) is 28.9 Å². The van der Waals surface area contributed by atoms with Gasteiger partial charge in [0, 0.05) is 6.54 Å². The SMILES string of the molecule is CC(c1nc(-c2cccs2)no1)N1CCC(C)(CN)C1.Cl. The van der Waals surface area contributed by atoms with Crippen LogP contribution in [0.4, 0.5) is 0 Å². The number of aromatic nitrogens is 2. The summed E-state index contributed by atoms with van der Waals surface area (Å²) in [6.07, 6.45) is 1.12. The highest BCUT2D eigenvalue weighted by Gasteiger charge is 2.36. The first-order valence-corrected chi connectivity index (χ1v) is 7.81. The summed E-state index contributed by atoms with van der Waals surface area (Å²) in [5, 5.41) is 6.10. The molecule has 0 bridgehead atoms. The van der Waals surface area contributed by atoms with Gasteiger partial charge >= 0.3 is 0 Å². The first kappa shape index (κ1) is 16.4. The number of rotatable bonds is 4. The summed E-state index contributed by atoms with van der Waals surface area (Å²) in [6.45, 7) is 7.10. The largest absolute Gasteiger partial charge is 0.337 e. The van der Waals surface area contributed by atoms with Gasteiger partial charge in [0.2, 0.25) is 11.7 Å². The van der Waals surface area contributed by atoms with Crippen molar-refractivity contribution in [1.82, 2.24) is 15.0 Å². The van der Waals surface area contributed by atoms with Gasteiger partial charge in [-0.05, 0) is 43.3 Å². The summed E-state index contributed by atoms with van der Waals surface area (Å²) in [6, 6.07) is 4.14. The molecule has 3 rings (SSSR count). The standard InChI is InChI=1S/C14H20N4OS.ClH/c1-10(18-6-5-14(2,8-15)9-18)13-16-12(17-19-13)11-4-3-7-20-11;/h3-4,7,10H,5-6,8-9,15H2,1-2H3;1H. The van der Waals surface area contributed by atoms with Crippen molar-refractivity contribution >= 4 is 23.7 Å². The molecule has 0 aliphatic carbocycles. The zero-order valence-electron chi connectivity index (χ0n) is 12.3. The van der Waals surface area contributed by atoms with E-state index in [1.165, 1.54) is 0 Å². The van der Waals surface area contributed by atoms with Crippen molar-refractivity contribution in [2.75, 3.05) is 19.6 Å². The van der Waals surface area contributed by atoms with Gasteiger partial charge in [0.05, 0.1) is 10.9 Å². The zero-order chi connectivity index (χ0) is 14.2. The highest BCUT2D eigenvalue weighted by atomic mass is 35.5. The molecular weight excluding hydrogens is 308 g/mol. The third-order valence-corrected chi connectivity index (χ3v) is 5.03. The molecule has 0 saturated carbocycles. The maximum Gasteiger partial charge on any atom is 0.244 e. The third kappa shape index (κ3) is 3.29. The van der Waals surface area contributed by atoms with Crippen LogP contribution in [0.25, 0.3) is 10.7 Å². The summed E-state index contributed by atoms with van der Waals surface area (Å²) >= 11 is 1.62. The Morgan fingerprint density at radius 2 is 2.38 bits per heavy atom. The molecule has 0 aromatic carbocycles. The lowest BCUT2D eigenvalue weighted by molar-refractivity contribution is 0.188. The molecule has 5 nitrogen and oxygen atoms in total. The number of nitrogens with two attached hydrogens (primary N) is 1. The molecule has 2 N–H and O–H groups in total. The molecule has 0 radical (unpaired) electrons. The van der Waals surface area contributed by atoms with Crippen molar-refractivity contribution in [3.63, 3.8) is 0 Å². The van der Waals surface area contributed by atoms with E-state index in [9.17, 15) is 0 Å². The van der Waals surface area contributed by atoms with Gasteiger partial charge in [0.15, 0.2) is 0 Å². The van der Waals surface area contributed by atoms with Crippen LogP contribution in [0.5, 0.6) is 0 Å². The fourth-order valence-electron chi connectivity index (χ4n) is 2.63. The Balaban J connectivity index is 0.00000161. The van der Waals surface area contributed by atoms with E-state index < -0.39 is 0 Å². The topological polar surface area (TPSA) is 68.2 Å². The molecule has 3 heterocycles. The van der Waals surface area contributed by atoms with Crippen LogP contribution in [0, 0.1) is 5.41 Å². The molecule has 116 valence electrons. The van der Waals surface area contributed by atoms with Gasteiger partial charge in [-0.3, -0.25) is 4.90 Å². The monoisotopic (exact) mass is 328 g/mol. The highest BCUT2D eigenvalue weighted by molar-refractivity contribution is 7.13. The average Bonchev–Trinajstić information content (AvgIpc) is 3.18. The minimum absolute atomic E-state index is 0. The summed E-state index contributed by atoms with van der Waals surface area (Å²) in [7, 11) is 0. The molecule has 0 amide bonds. The first-order chi connectivity index (χ1) is 9.61. The number of likely N-dealkylation sites (tertiary alicyclic amines) is 1. The second-order valence-corrected chi connectivity index (χ2v) is 6.79. The predicted molar refractivity (Wildman–Crippen MR) is 86.6 cm³/mol. The molecule has 1 aliphatic rings. The molecule has 21 heavy (non-hydrogen) atoms. The fraction of sp³-hybridized carbons (Fsp3) is 0.571. The van der Waals surface area contributed by atoms with E-state index in [1.54, 1.807) is 11.3 Å². The highest BCUT2D eigenvalue weighted by Crippen LogP contribution is 2.34. The smallest absolute Gasteiger partial charge is 0.244 e. The Hall–Kier alpha value is -0.950. The molecule has 7 heteroatoms. The van der Waals surface area contributed by atoms with E-state index in [1.807, 2.05) is 17.5 Å². The van der Waals surface area contributed by atoms with Crippen LogP contribution in [-0.4, -0.2) is 34.7 Å². The maximum atomic E-state index is 5.86. The number of thiophene rings is 1. The molecule has 1 fully saturated rings. The molecular formula is C14H21ClN4OS. The molecule has 2 aromatic heterocycles. The van der Waals surface area contributed by atoms with Crippen LogP contribution in [0.1, 0.15) is 32.2 Å². The molecule has 2 unspecified atom stereocenters. The van der Waals surface area contributed by atoms with Crippen molar-refractivity contribution in [1.29, 1.82) is 0 Å². The zero-order valence-corrected chi connectivity index (χ0v) is 13.9. The Labute approximate surface area is 134 Å². The van der Waals surface area contributed by atoms with Crippen LogP contribution in [0.2, 0.25) is 0 Å². The Bertz CT molecular complexity index is 573. The normalized spacial score (nSPS) is 24.0. The number of halogens is 1. The molecule has 0 spiro atoms. The van der Waals surface area contributed by atoms with E-state index in [0.29, 0.717) is 11.7 Å². The molecule has 1 saturated heterocycles. The summed E-state index contributed by atoms with van der Waals surface area (Å²) in [5.74, 6) is 1.37. The number of hydrogen-bond acceptors (Lipinski definition) is 6. The van der Waals surface area contributed by atoms with Gasteiger partial charge in [-0.15, -0.1) is 23.7 Å². The molecule has 2 aromatic rings. The van der Waals surface area contributed by atoms with Crippen molar-refractivity contribution in [2.45, 2.75) is 26.3 Å². The van der Waals surface area contributed by atoms with Gasteiger partial charge in [-0.1, -0.05) is 18.1 Å². The van der Waals surface area contributed by atoms with Crippen molar-refractivity contribution in [3.05, 3.63) is 23.4 Å². The van der Waals surface area contributed by atoms with Crippen molar-refractivity contribution in [2.24, 2.45) is 11.1 Å². The van der Waals surface area contributed by atoms with Crippen LogP contribution in [0.15, 0.2) is 22.0 Å². The van der Waals surface area contributed by atoms with E-state index in [4.69, 9.17) is 10.3 Å². The van der Waals surface area contributed by atoms with Gasteiger partial charge < -0.3 is 10.3 Å². The van der Waals surface area contributed by atoms with Crippen LogP contribution >= 0.6 is 23.7 Å². The lowest BCUT2D eigenvalue weighted by Gasteiger charge is -2.25. The first-order valence-electron chi connectivity index (χ1n) is 6.93. The van der Waals surface area contributed by atoms with Gasteiger partial charge in [-0.25, -0.2) is 0 Å². The summed E-state index contributed by atoms with van der Waals surface area (Å²) in [5.41, 5.74) is 6.07. The predicted octanol–water partition coefficient (Wildman–Crippen LogP) is 2.95. The number of hydrogen-bond donors (Lipinski definition) is 1. The fourth-order valence-corrected chi connectivity index (χ4v) is 3.28. The minimum Gasteiger partial charge on any atom is -0.337 e. The molecule has 1 aliphatic heterocycles. The van der Waals surface area contributed by atoms with Crippen LogP contribution in [0.3, 0.4) is 0 Å². The Kier molecular flexibility index (Phi) is 5.03. The third-order valence-electron chi connectivity index (χ3n) is 4.17. The van der Waals surface area contributed by atoms with E-state index in [0.717, 1.165) is 30.9 Å². The molecule has 2 atom stereocenters. The van der Waals surface area contributed by atoms with Crippen molar-refractivity contribution < 1.29 is 4.52 Å². The summed E-state index contributed by atoms with van der Waals surface area (Å²) in [4.78, 5) is 7.95. The van der Waals surface area contributed by atoms with E-state index >= 15 is 0 Å². The quantitative estimate of drug-likeness (QED) is 0.934. The maximum absolute atomic E-state index is 5.86. The Morgan fingerprint density at radius 1 is 1.57 bits per heavy atom. The minimum atomic E-state index is 0. The van der Waals surface area contributed by atoms with E-state index in [-0.39, 0.29) is 23.9 Å². The van der Waals surface area contributed by atoms with Crippen LogP contribution in [-0.2, 0) is 0 Å². The summed E-state index contributed by atoms with van der Waals surface area (Å²) < 4.78 is 5.44. The second-order valence-electron chi connectivity index (χ2n) is 5.84. The second kappa shape index (κ2) is 6.44. The Morgan fingerprint density at radius 3 is 3.00 bits per heavy atom. The lowest BCUT2D eigenvalue weighted by Crippen LogP contribution is -2.32. The van der Waals surface area contributed by atoms with Gasteiger partial charge in [-0.2, -0.15) is 4.98 Å². The number of nitrogens with zero attached hydrogens (tertiary/aromatic N) is 3. The van der Waals surface area contributed by atoms with Crippen molar-refractivity contribution in [3.8, 4) is 10.7 Å². The van der Waals surface area contributed by atoms with Gasteiger partial charge in [0.25, 0.3) is 0 Å². The average molecular weight is 329 g/mol. The lowest BCUT2D eigenvalue weighted by atomic mass is 9.90.